The van der Waals surface area contributed by atoms with Gasteiger partial charge in [0.25, 0.3) is 5.91 Å². The predicted molar refractivity (Wildman–Crippen MR) is 108 cm³/mol. The van der Waals surface area contributed by atoms with E-state index in [2.05, 4.69) is 24.5 Å². The van der Waals surface area contributed by atoms with Gasteiger partial charge in [-0.25, -0.2) is 8.78 Å². The molecule has 1 aliphatic carbocycles. The third kappa shape index (κ3) is 4.62. The molecular formula is C22H28F2N4O2. The monoisotopic (exact) mass is 418 g/mol. The molecule has 0 radical (unpaired) electrons. The van der Waals surface area contributed by atoms with Gasteiger partial charge in [-0.1, -0.05) is 26.0 Å². The van der Waals surface area contributed by atoms with E-state index in [-0.39, 0.29) is 48.4 Å². The van der Waals surface area contributed by atoms with Crippen molar-refractivity contribution >= 4 is 11.8 Å². The summed E-state index contributed by atoms with van der Waals surface area (Å²) in [7, 11) is 0. The smallest absolute Gasteiger partial charge is 0.254 e. The average molecular weight is 418 g/mol. The first-order valence-corrected chi connectivity index (χ1v) is 10.3. The summed E-state index contributed by atoms with van der Waals surface area (Å²) < 4.78 is 27.3. The van der Waals surface area contributed by atoms with Gasteiger partial charge >= 0.3 is 0 Å². The number of hydrogen-bond acceptors (Lipinski definition) is 4. The van der Waals surface area contributed by atoms with Crippen LogP contribution in [-0.4, -0.2) is 54.6 Å². The maximum Gasteiger partial charge on any atom is 0.254 e. The molecule has 8 heteroatoms. The number of halogens is 2. The van der Waals surface area contributed by atoms with Crippen LogP contribution in [0.5, 0.6) is 0 Å². The number of amides is 2. The summed E-state index contributed by atoms with van der Waals surface area (Å²) in [6.07, 6.45) is 0.603. The minimum Gasteiger partial charge on any atom is -0.352 e. The van der Waals surface area contributed by atoms with Crippen molar-refractivity contribution in [3.63, 3.8) is 0 Å². The molecule has 1 heterocycles. The molecule has 4 atom stereocenters. The largest absolute Gasteiger partial charge is 0.352 e. The molecule has 6 nitrogen and oxygen atoms in total. The van der Waals surface area contributed by atoms with Crippen LogP contribution < -0.4 is 10.6 Å². The fraction of sp³-hybridized carbons (Fsp3) is 0.591. The SMILES string of the molecule is CC1(C)[C@@H](CNC(=O)c2ccccc2F)CC[C@H]1NCC(=O)N1C[C@@H](F)C[C@H]1C#N. The molecule has 0 unspecified atom stereocenters. The zero-order chi connectivity index (χ0) is 21.9. The van der Waals surface area contributed by atoms with Crippen LogP contribution in [-0.2, 0) is 4.79 Å². The van der Waals surface area contributed by atoms with Crippen LogP contribution in [0.25, 0.3) is 0 Å². The first-order chi connectivity index (χ1) is 14.2. The summed E-state index contributed by atoms with van der Waals surface area (Å²) >= 11 is 0. The van der Waals surface area contributed by atoms with E-state index in [9.17, 15) is 18.4 Å². The summed E-state index contributed by atoms with van der Waals surface area (Å²) in [5.41, 5.74) is -0.178. The van der Waals surface area contributed by atoms with Gasteiger partial charge in [-0.2, -0.15) is 5.26 Å². The number of likely N-dealkylation sites (tertiary alicyclic amines) is 1. The average Bonchev–Trinajstić information content (AvgIpc) is 3.23. The second-order valence-corrected chi connectivity index (χ2v) is 8.74. The quantitative estimate of drug-likeness (QED) is 0.743. The molecule has 1 aliphatic heterocycles. The lowest BCUT2D eigenvalue weighted by Crippen LogP contribution is -2.48. The zero-order valence-electron chi connectivity index (χ0n) is 17.3. The minimum atomic E-state index is -1.15. The van der Waals surface area contributed by atoms with Crippen molar-refractivity contribution < 1.29 is 18.4 Å². The summed E-state index contributed by atoms with van der Waals surface area (Å²) in [5, 5.41) is 15.2. The number of carbonyl (C=O) groups excluding carboxylic acids is 2. The van der Waals surface area contributed by atoms with E-state index in [1.807, 2.05) is 6.07 Å². The second-order valence-electron chi connectivity index (χ2n) is 8.74. The fourth-order valence-corrected chi connectivity index (χ4v) is 4.58. The van der Waals surface area contributed by atoms with Crippen LogP contribution in [0.15, 0.2) is 24.3 Å². The number of alkyl halides is 1. The van der Waals surface area contributed by atoms with Crippen molar-refractivity contribution in [3.05, 3.63) is 35.6 Å². The highest BCUT2D eigenvalue weighted by molar-refractivity contribution is 5.94. The highest BCUT2D eigenvalue weighted by atomic mass is 19.1. The lowest BCUT2D eigenvalue weighted by molar-refractivity contribution is -0.130. The van der Waals surface area contributed by atoms with Crippen molar-refractivity contribution in [1.29, 1.82) is 5.26 Å². The highest BCUT2D eigenvalue weighted by Gasteiger charge is 2.43. The first kappa shape index (κ1) is 22.2. The van der Waals surface area contributed by atoms with Crippen molar-refractivity contribution in [1.82, 2.24) is 15.5 Å². The van der Waals surface area contributed by atoms with Crippen LogP contribution in [0.2, 0.25) is 0 Å². The number of nitriles is 1. The van der Waals surface area contributed by atoms with E-state index >= 15 is 0 Å². The molecule has 0 bridgehead atoms. The molecule has 2 aliphatic rings. The van der Waals surface area contributed by atoms with Gasteiger partial charge in [-0.3, -0.25) is 9.59 Å². The van der Waals surface area contributed by atoms with Gasteiger partial charge in [0.15, 0.2) is 0 Å². The molecule has 1 saturated carbocycles. The summed E-state index contributed by atoms with van der Waals surface area (Å²) in [6.45, 7) is 4.59. The molecule has 1 aromatic rings. The van der Waals surface area contributed by atoms with Gasteiger partial charge in [0, 0.05) is 19.0 Å². The Balaban J connectivity index is 1.52. The number of rotatable bonds is 6. The van der Waals surface area contributed by atoms with Gasteiger partial charge in [0.2, 0.25) is 5.91 Å². The molecular weight excluding hydrogens is 390 g/mol. The Kier molecular flexibility index (Phi) is 6.71. The van der Waals surface area contributed by atoms with Gasteiger partial charge < -0.3 is 15.5 Å². The normalized spacial score (nSPS) is 27.6. The Morgan fingerprint density at radius 3 is 2.73 bits per heavy atom. The van der Waals surface area contributed by atoms with E-state index in [0.717, 1.165) is 12.8 Å². The molecule has 2 amide bonds. The van der Waals surface area contributed by atoms with Crippen LogP contribution in [0.1, 0.15) is 43.5 Å². The Morgan fingerprint density at radius 2 is 2.03 bits per heavy atom. The second kappa shape index (κ2) is 9.09. The van der Waals surface area contributed by atoms with Gasteiger partial charge in [-0.05, 0) is 36.3 Å². The zero-order valence-corrected chi connectivity index (χ0v) is 17.3. The molecule has 3 rings (SSSR count). The van der Waals surface area contributed by atoms with Crippen molar-refractivity contribution in [2.45, 2.75) is 51.4 Å². The lowest BCUT2D eigenvalue weighted by atomic mass is 9.79. The topological polar surface area (TPSA) is 85.2 Å². The molecule has 0 aromatic heterocycles. The molecule has 2 fully saturated rings. The molecule has 1 saturated heterocycles. The molecule has 1 aromatic carbocycles. The molecule has 162 valence electrons. The van der Waals surface area contributed by atoms with E-state index in [1.54, 1.807) is 12.1 Å². The van der Waals surface area contributed by atoms with Crippen LogP contribution in [0, 0.1) is 28.5 Å². The Morgan fingerprint density at radius 1 is 1.30 bits per heavy atom. The first-order valence-electron chi connectivity index (χ1n) is 10.3. The van der Waals surface area contributed by atoms with E-state index in [1.165, 1.54) is 17.0 Å². The third-order valence-corrected chi connectivity index (χ3v) is 6.60. The van der Waals surface area contributed by atoms with Gasteiger partial charge in [0.05, 0.1) is 24.7 Å². The maximum atomic E-state index is 13.8. The summed E-state index contributed by atoms with van der Waals surface area (Å²) in [5.74, 6) is -1.09. The van der Waals surface area contributed by atoms with Crippen molar-refractivity contribution in [2.75, 3.05) is 19.6 Å². The molecule has 30 heavy (non-hydrogen) atoms. The summed E-state index contributed by atoms with van der Waals surface area (Å²) in [6, 6.07) is 7.21. The third-order valence-electron chi connectivity index (χ3n) is 6.60. The highest BCUT2D eigenvalue weighted by Crippen LogP contribution is 2.42. The Labute approximate surface area is 175 Å². The van der Waals surface area contributed by atoms with Crippen molar-refractivity contribution in [3.8, 4) is 6.07 Å². The summed E-state index contributed by atoms with van der Waals surface area (Å²) in [4.78, 5) is 26.1. The number of hydrogen-bond donors (Lipinski definition) is 2. The van der Waals surface area contributed by atoms with Gasteiger partial charge in [-0.15, -0.1) is 0 Å². The van der Waals surface area contributed by atoms with E-state index in [0.29, 0.717) is 6.54 Å². The lowest BCUT2D eigenvalue weighted by Gasteiger charge is -2.34. The van der Waals surface area contributed by atoms with Gasteiger partial charge in [0.1, 0.15) is 18.0 Å². The van der Waals surface area contributed by atoms with Crippen LogP contribution >= 0.6 is 0 Å². The number of nitrogens with one attached hydrogen (secondary N) is 2. The number of nitrogens with zero attached hydrogens (tertiary/aromatic N) is 2. The fourth-order valence-electron chi connectivity index (χ4n) is 4.58. The molecule has 0 spiro atoms. The predicted octanol–water partition coefficient (Wildman–Crippen LogP) is 2.41. The van der Waals surface area contributed by atoms with Crippen LogP contribution in [0.3, 0.4) is 0 Å². The molecule has 2 N–H and O–H groups in total. The number of carbonyl (C=O) groups is 2. The maximum absolute atomic E-state index is 13.8. The Bertz CT molecular complexity index is 839. The van der Waals surface area contributed by atoms with E-state index in [4.69, 9.17) is 5.26 Å². The standard InChI is InChI=1S/C22H28F2N4O2/c1-22(2)14(11-27-21(30)17-5-3-4-6-18(17)24)7-8-19(22)26-12-20(29)28-13-15(23)9-16(28)10-25/h3-6,14-16,19,26H,7-9,11-13H2,1-2H3,(H,27,30)/t14-,15+,16+,19-/m1/s1. The number of benzene rings is 1. The Hall–Kier alpha value is -2.53. The van der Waals surface area contributed by atoms with E-state index < -0.39 is 23.9 Å². The van der Waals surface area contributed by atoms with Crippen LogP contribution in [0.4, 0.5) is 8.78 Å². The minimum absolute atomic E-state index is 0.0254. The van der Waals surface area contributed by atoms with Crippen molar-refractivity contribution in [2.24, 2.45) is 11.3 Å².